The molecular weight excluding hydrogens is 320 g/mol. The fraction of sp³-hybridized carbons (Fsp3) is 1.00. The standard InChI is InChI=1S/C20H38O5/c1-19(17(23)13-21,15-9-5-3-6-10-15)25-20(2,18(24)14-22)16-11-7-4-8-12-16/h15-18,21-24H,3-14H2,1-2H3. The van der Waals surface area contributed by atoms with Crippen molar-refractivity contribution in [3.63, 3.8) is 0 Å². The van der Waals surface area contributed by atoms with Gasteiger partial charge in [0.1, 0.15) is 12.2 Å². The summed E-state index contributed by atoms with van der Waals surface area (Å²) in [5.41, 5.74) is -1.84. The van der Waals surface area contributed by atoms with E-state index < -0.39 is 23.4 Å². The number of ether oxygens (including phenoxy) is 1. The molecular formula is C20H38O5. The maximum Gasteiger partial charge on any atom is 0.106 e. The van der Waals surface area contributed by atoms with Gasteiger partial charge in [-0.25, -0.2) is 0 Å². The van der Waals surface area contributed by atoms with Gasteiger partial charge in [0.2, 0.25) is 0 Å². The molecule has 2 fully saturated rings. The molecule has 5 heteroatoms. The van der Waals surface area contributed by atoms with E-state index in [1.54, 1.807) is 0 Å². The van der Waals surface area contributed by atoms with Crippen molar-refractivity contribution < 1.29 is 25.2 Å². The van der Waals surface area contributed by atoms with Crippen molar-refractivity contribution in [2.75, 3.05) is 13.2 Å². The summed E-state index contributed by atoms with van der Waals surface area (Å²) in [5, 5.41) is 40.6. The van der Waals surface area contributed by atoms with Crippen LogP contribution in [0.5, 0.6) is 0 Å². The first-order chi connectivity index (χ1) is 11.9. The Labute approximate surface area is 152 Å². The lowest BCUT2D eigenvalue weighted by Gasteiger charge is -2.52. The maximum absolute atomic E-state index is 10.6. The van der Waals surface area contributed by atoms with E-state index in [2.05, 4.69) is 0 Å². The molecule has 0 radical (unpaired) electrons. The fourth-order valence-corrected chi connectivity index (χ4v) is 5.03. The van der Waals surface area contributed by atoms with Crippen molar-refractivity contribution in [1.29, 1.82) is 0 Å². The van der Waals surface area contributed by atoms with Crippen molar-refractivity contribution in [2.45, 2.75) is 101 Å². The number of hydrogen-bond acceptors (Lipinski definition) is 5. The van der Waals surface area contributed by atoms with E-state index in [4.69, 9.17) is 4.74 Å². The van der Waals surface area contributed by atoms with Crippen LogP contribution in [-0.4, -0.2) is 57.0 Å². The lowest BCUT2D eigenvalue weighted by atomic mass is 9.71. The monoisotopic (exact) mass is 358 g/mol. The van der Waals surface area contributed by atoms with Crippen molar-refractivity contribution >= 4 is 0 Å². The highest BCUT2D eigenvalue weighted by Gasteiger charge is 2.51. The minimum absolute atomic E-state index is 0.150. The minimum atomic E-state index is -0.996. The van der Waals surface area contributed by atoms with Crippen LogP contribution in [0.2, 0.25) is 0 Å². The van der Waals surface area contributed by atoms with Crippen LogP contribution in [-0.2, 0) is 4.74 Å². The van der Waals surface area contributed by atoms with Gasteiger partial charge in [-0.15, -0.1) is 0 Å². The van der Waals surface area contributed by atoms with E-state index in [1.165, 1.54) is 12.8 Å². The molecule has 0 aliphatic heterocycles. The van der Waals surface area contributed by atoms with E-state index in [0.717, 1.165) is 51.4 Å². The molecule has 4 unspecified atom stereocenters. The van der Waals surface area contributed by atoms with Crippen LogP contribution in [0.25, 0.3) is 0 Å². The summed E-state index contributed by atoms with van der Waals surface area (Å²) in [4.78, 5) is 0. The molecule has 0 aromatic rings. The average molecular weight is 359 g/mol. The van der Waals surface area contributed by atoms with E-state index in [1.807, 2.05) is 13.8 Å². The fourth-order valence-electron chi connectivity index (χ4n) is 5.03. The predicted molar refractivity (Wildman–Crippen MR) is 97.2 cm³/mol. The predicted octanol–water partition coefficient (Wildman–Crippen LogP) is 2.39. The zero-order valence-electron chi connectivity index (χ0n) is 16.0. The first-order valence-electron chi connectivity index (χ1n) is 10.2. The molecule has 0 amide bonds. The van der Waals surface area contributed by atoms with E-state index in [-0.39, 0.29) is 25.0 Å². The second kappa shape index (κ2) is 9.14. The first-order valence-corrected chi connectivity index (χ1v) is 10.2. The SMILES string of the molecule is CC(OC(C)(C(O)CO)C1CCCCC1)(C(O)CO)C1CCCCC1. The van der Waals surface area contributed by atoms with Crippen LogP contribution in [0.3, 0.4) is 0 Å². The molecule has 0 aromatic carbocycles. The Morgan fingerprint density at radius 3 is 1.32 bits per heavy atom. The Bertz CT molecular complexity index is 356. The molecule has 0 bridgehead atoms. The second-order valence-corrected chi connectivity index (χ2v) is 8.54. The van der Waals surface area contributed by atoms with Crippen LogP contribution in [0.15, 0.2) is 0 Å². The van der Waals surface area contributed by atoms with Gasteiger partial charge in [0, 0.05) is 0 Å². The van der Waals surface area contributed by atoms with Crippen LogP contribution in [0.4, 0.5) is 0 Å². The van der Waals surface area contributed by atoms with Crippen molar-refractivity contribution in [1.82, 2.24) is 0 Å². The number of rotatable bonds is 8. The smallest absolute Gasteiger partial charge is 0.106 e. The van der Waals surface area contributed by atoms with Crippen LogP contribution in [0.1, 0.15) is 78.1 Å². The highest BCUT2D eigenvalue weighted by atomic mass is 16.6. The summed E-state index contributed by atoms with van der Waals surface area (Å²) in [6, 6.07) is 0. The number of aliphatic hydroxyl groups excluding tert-OH is 4. The Morgan fingerprint density at radius 1 is 0.720 bits per heavy atom. The summed E-state index contributed by atoms with van der Waals surface area (Å²) in [5.74, 6) is 0.300. The van der Waals surface area contributed by atoms with Gasteiger partial charge in [0.15, 0.2) is 0 Å². The van der Waals surface area contributed by atoms with Gasteiger partial charge >= 0.3 is 0 Å². The zero-order valence-corrected chi connectivity index (χ0v) is 16.0. The molecule has 0 aromatic heterocycles. The Hall–Kier alpha value is -0.200. The topological polar surface area (TPSA) is 90.2 Å². The normalized spacial score (nSPS) is 28.1. The third-order valence-electron chi connectivity index (χ3n) is 6.94. The molecule has 2 saturated carbocycles. The summed E-state index contributed by atoms with van der Waals surface area (Å²) in [6.07, 6.45) is 8.65. The van der Waals surface area contributed by atoms with Crippen molar-refractivity contribution in [3.8, 4) is 0 Å². The molecule has 2 aliphatic rings. The Balaban J connectivity index is 2.30. The van der Waals surface area contributed by atoms with Crippen LogP contribution < -0.4 is 0 Å². The van der Waals surface area contributed by atoms with E-state index in [9.17, 15) is 20.4 Å². The zero-order chi connectivity index (χ0) is 18.5. The Kier molecular flexibility index (Phi) is 7.71. The molecule has 4 atom stereocenters. The molecule has 0 spiro atoms. The van der Waals surface area contributed by atoms with Gasteiger partial charge in [0.05, 0.1) is 24.4 Å². The molecule has 0 saturated heterocycles. The summed E-state index contributed by atoms with van der Waals surface area (Å²) < 4.78 is 6.59. The first kappa shape index (κ1) is 21.1. The quantitative estimate of drug-likeness (QED) is 0.535. The molecule has 5 nitrogen and oxygen atoms in total. The third kappa shape index (κ3) is 4.56. The van der Waals surface area contributed by atoms with Crippen LogP contribution >= 0.6 is 0 Å². The third-order valence-corrected chi connectivity index (χ3v) is 6.94. The van der Waals surface area contributed by atoms with E-state index >= 15 is 0 Å². The largest absolute Gasteiger partial charge is 0.394 e. The summed E-state index contributed by atoms with van der Waals surface area (Å²) in [7, 11) is 0. The summed E-state index contributed by atoms with van der Waals surface area (Å²) in [6.45, 7) is 3.05. The van der Waals surface area contributed by atoms with Gasteiger partial charge in [-0.3, -0.25) is 0 Å². The van der Waals surface area contributed by atoms with Gasteiger partial charge in [-0.2, -0.15) is 0 Å². The molecule has 4 N–H and O–H groups in total. The minimum Gasteiger partial charge on any atom is -0.394 e. The molecule has 2 rings (SSSR count). The molecule has 0 heterocycles. The van der Waals surface area contributed by atoms with Gasteiger partial charge < -0.3 is 25.2 Å². The molecule has 148 valence electrons. The van der Waals surface area contributed by atoms with Crippen LogP contribution in [0, 0.1) is 11.8 Å². The second-order valence-electron chi connectivity index (χ2n) is 8.54. The summed E-state index contributed by atoms with van der Waals surface area (Å²) >= 11 is 0. The molecule has 25 heavy (non-hydrogen) atoms. The average Bonchev–Trinajstić information content (AvgIpc) is 2.67. The number of hydrogen-bond donors (Lipinski definition) is 4. The van der Waals surface area contributed by atoms with Gasteiger partial charge in [-0.05, 0) is 51.4 Å². The lowest BCUT2D eigenvalue weighted by molar-refractivity contribution is -0.269. The van der Waals surface area contributed by atoms with E-state index in [0.29, 0.717) is 0 Å². The van der Waals surface area contributed by atoms with Crippen molar-refractivity contribution in [2.24, 2.45) is 11.8 Å². The highest BCUT2D eigenvalue weighted by Crippen LogP contribution is 2.45. The van der Waals surface area contributed by atoms with Crippen molar-refractivity contribution in [3.05, 3.63) is 0 Å². The van der Waals surface area contributed by atoms with Gasteiger partial charge in [-0.1, -0.05) is 38.5 Å². The Morgan fingerprint density at radius 2 is 1.04 bits per heavy atom. The highest BCUT2D eigenvalue weighted by molar-refractivity contribution is 5.00. The maximum atomic E-state index is 10.6. The number of aliphatic hydroxyl groups is 4. The molecule has 2 aliphatic carbocycles. The van der Waals surface area contributed by atoms with Gasteiger partial charge in [0.25, 0.3) is 0 Å². The lowest BCUT2D eigenvalue weighted by Crippen LogP contribution is -2.61.